The van der Waals surface area contributed by atoms with Gasteiger partial charge in [-0.05, 0) is 17.7 Å². The molecular formula is C24H27F2N5O. The summed E-state index contributed by atoms with van der Waals surface area (Å²) in [4.78, 5) is 17.5. The van der Waals surface area contributed by atoms with Crippen molar-refractivity contribution >= 4 is 5.91 Å². The monoisotopic (exact) mass is 439 g/mol. The molecule has 6 nitrogen and oxygen atoms in total. The molecule has 2 aromatic carbocycles. The Morgan fingerprint density at radius 2 is 1.75 bits per heavy atom. The third kappa shape index (κ3) is 5.38. The van der Waals surface area contributed by atoms with Gasteiger partial charge in [-0.3, -0.25) is 19.3 Å². The Bertz CT molecular complexity index is 1060. The number of benzene rings is 2. The molecule has 1 saturated heterocycles. The topological polar surface area (TPSA) is 53.4 Å². The van der Waals surface area contributed by atoms with Crippen LogP contribution in [0.4, 0.5) is 8.78 Å². The van der Waals surface area contributed by atoms with E-state index < -0.39 is 11.6 Å². The van der Waals surface area contributed by atoms with Crippen LogP contribution in [0.2, 0.25) is 0 Å². The Labute approximate surface area is 186 Å². The Balaban J connectivity index is 1.28. The van der Waals surface area contributed by atoms with E-state index >= 15 is 0 Å². The summed E-state index contributed by atoms with van der Waals surface area (Å²) in [6.07, 6.45) is 1.55. The van der Waals surface area contributed by atoms with Crippen LogP contribution in [0.25, 0.3) is 11.3 Å². The van der Waals surface area contributed by atoms with Crippen LogP contribution in [-0.4, -0.2) is 64.8 Å². The zero-order chi connectivity index (χ0) is 22.5. The predicted octanol–water partition coefficient (Wildman–Crippen LogP) is 2.91. The van der Waals surface area contributed by atoms with Crippen LogP contribution in [0.15, 0.2) is 54.7 Å². The molecule has 32 heavy (non-hydrogen) atoms. The number of nitrogens with zero attached hydrogens (tertiary/aromatic N) is 4. The SMILES string of the molecule is Cn1cc(C(=O)NCCN2CCN(Cc3ccccc3)CC2)c(-c2ccc(F)cc2F)n1. The fourth-order valence-corrected chi connectivity index (χ4v) is 3.97. The van der Waals surface area contributed by atoms with Crippen LogP contribution in [0.3, 0.4) is 0 Å². The second-order valence-electron chi connectivity index (χ2n) is 8.05. The van der Waals surface area contributed by atoms with Crippen LogP contribution in [-0.2, 0) is 13.6 Å². The van der Waals surface area contributed by atoms with Gasteiger partial charge in [-0.15, -0.1) is 0 Å². The van der Waals surface area contributed by atoms with Gasteiger partial charge in [-0.2, -0.15) is 5.10 Å². The third-order valence-electron chi connectivity index (χ3n) is 5.69. The highest BCUT2D eigenvalue weighted by Crippen LogP contribution is 2.25. The van der Waals surface area contributed by atoms with Crippen molar-refractivity contribution in [3.8, 4) is 11.3 Å². The van der Waals surface area contributed by atoms with Crippen LogP contribution in [0, 0.1) is 11.6 Å². The van der Waals surface area contributed by atoms with Gasteiger partial charge in [0.15, 0.2) is 0 Å². The molecule has 0 aliphatic carbocycles. The molecule has 0 radical (unpaired) electrons. The summed E-state index contributed by atoms with van der Waals surface area (Å²) in [5.74, 6) is -1.73. The molecule has 1 amide bonds. The lowest BCUT2D eigenvalue weighted by Gasteiger charge is -2.34. The van der Waals surface area contributed by atoms with Crippen molar-refractivity contribution in [2.45, 2.75) is 6.54 Å². The van der Waals surface area contributed by atoms with E-state index in [0.29, 0.717) is 6.54 Å². The molecular weight excluding hydrogens is 412 g/mol. The third-order valence-corrected chi connectivity index (χ3v) is 5.69. The number of rotatable bonds is 7. The van der Waals surface area contributed by atoms with E-state index in [0.717, 1.165) is 51.4 Å². The summed E-state index contributed by atoms with van der Waals surface area (Å²) in [6.45, 7) is 6.04. The number of hydrogen-bond donors (Lipinski definition) is 1. The molecule has 8 heteroatoms. The molecule has 1 aliphatic heterocycles. The molecule has 2 heterocycles. The minimum atomic E-state index is -0.744. The quantitative estimate of drug-likeness (QED) is 0.615. The number of carbonyl (C=O) groups excluding carboxylic acids is 1. The number of nitrogens with one attached hydrogen (secondary N) is 1. The van der Waals surface area contributed by atoms with E-state index in [-0.39, 0.29) is 22.7 Å². The molecule has 0 unspecified atom stereocenters. The fourth-order valence-electron chi connectivity index (χ4n) is 3.97. The smallest absolute Gasteiger partial charge is 0.255 e. The summed E-state index contributed by atoms with van der Waals surface area (Å²) in [6, 6.07) is 13.7. The summed E-state index contributed by atoms with van der Waals surface area (Å²) in [5.41, 5.74) is 1.90. The lowest BCUT2D eigenvalue weighted by atomic mass is 10.1. The largest absolute Gasteiger partial charge is 0.351 e. The van der Waals surface area contributed by atoms with Crippen molar-refractivity contribution in [3.63, 3.8) is 0 Å². The van der Waals surface area contributed by atoms with Gasteiger partial charge in [0.1, 0.15) is 17.3 Å². The summed E-state index contributed by atoms with van der Waals surface area (Å²) < 4.78 is 28.9. The van der Waals surface area contributed by atoms with Crippen LogP contribution in [0.1, 0.15) is 15.9 Å². The molecule has 3 aromatic rings. The average molecular weight is 440 g/mol. The lowest BCUT2D eigenvalue weighted by Crippen LogP contribution is -2.48. The predicted molar refractivity (Wildman–Crippen MR) is 119 cm³/mol. The minimum Gasteiger partial charge on any atom is -0.351 e. The van der Waals surface area contributed by atoms with Gasteiger partial charge >= 0.3 is 0 Å². The van der Waals surface area contributed by atoms with Crippen molar-refractivity contribution in [2.75, 3.05) is 39.3 Å². The molecule has 1 aromatic heterocycles. The first-order valence-corrected chi connectivity index (χ1v) is 10.8. The van der Waals surface area contributed by atoms with E-state index in [4.69, 9.17) is 0 Å². The van der Waals surface area contributed by atoms with Crippen LogP contribution in [0.5, 0.6) is 0 Å². The number of hydrogen-bond acceptors (Lipinski definition) is 4. The van der Waals surface area contributed by atoms with E-state index in [1.54, 1.807) is 13.2 Å². The zero-order valence-electron chi connectivity index (χ0n) is 18.1. The maximum absolute atomic E-state index is 14.2. The van der Waals surface area contributed by atoms with Gasteiger partial charge in [0, 0.05) is 70.7 Å². The van der Waals surface area contributed by atoms with Gasteiger partial charge in [0.2, 0.25) is 0 Å². The molecule has 168 valence electrons. The van der Waals surface area contributed by atoms with Gasteiger partial charge in [0.05, 0.1) is 5.56 Å². The molecule has 0 bridgehead atoms. The van der Waals surface area contributed by atoms with Crippen molar-refractivity contribution in [1.29, 1.82) is 0 Å². The standard InChI is InChI=1S/C24H27F2N5O/c1-29-17-21(23(28-29)20-8-7-19(25)15-22(20)26)24(32)27-9-10-30-11-13-31(14-12-30)16-18-5-3-2-4-6-18/h2-8,15,17H,9-14,16H2,1H3,(H,27,32). The summed E-state index contributed by atoms with van der Waals surface area (Å²) >= 11 is 0. The Morgan fingerprint density at radius 3 is 2.47 bits per heavy atom. The van der Waals surface area contributed by atoms with Crippen molar-refractivity contribution in [1.82, 2.24) is 24.9 Å². The fraction of sp³-hybridized carbons (Fsp3) is 0.333. The van der Waals surface area contributed by atoms with Crippen molar-refractivity contribution in [3.05, 3.63) is 77.5 Å². The number of piperazine rings is 1. The van der Waals surface area contributed by atoms with Crippen LogP contribution < -0.4 is 5.32 Å². The molecule has 1 aliphatic rings. The molecule has 0 saturated carbocycles. The van der Waals surface area contributed by atoms with Crippen molar-refractivity contribution < 1.29 is 13.6 Å². The van der Waals surface area contributed by atoms with Gasteiger partial charge in [0.25, 0.3) is 5.91 Å². The van der Waals surface area contributed by atoms with E-state index in [2.05, 4.69) is 44.5 Å². The van der Waals surface area contributed by atoms with Crippen molar-refractivity contribution in [2.24, 2.45) is 7.05 Å². The maximum Gasteiger partial charge on any atom is 0.255 e. The first-order chi connectivity index (χ1) is 15.5. The highest BCUT2D eigenvalue weighted by Gasteiger charge is 2.21. The highest BCUT2D eigenvalue weighted by molar-refractivity contribution is 5.99. The first kappa shape index (κ1) is 22.1. The normalized spacial score (nSPS) is 15.1. The number of amides is 1. The minimum absolute atomic E-state index is 0.103. The van der Waals surface area contributed by atoms with Gasteiger partial charge in [-0.25, -0.2) is 8.78 Å². The number of aromatic nitrogens is 2. The van der Waals surface area contributed by atoms with E-state index in [1.165, 1.54) is 16.3 Å². The first-order valence-electron chi connectivity index (χ1n) is 10.8. The molecule has 0 spiro atoms. The molecule has 1 N–H and O–H groups in total. The highest BCUT2D eigenvalue weighted by atomic mass is 19.1. The number of carbonyl (C=O) groups is 1. The second kappa shape index (κ2) is 10.0. The maximum atomic E-state index is 14.2. The van der Waals surface area contributed by atoms with Crippen LogP contribution >= 0.6 is 0 Å². The Morgan fingerprint density at radius 1 is 1.03 bits per heavy atom. The van der Waals surface area contributed by atoms with E-state index in [1.807, 2.05) is 6.07 Å². The molecule has 4 rings (SSSR count). The molecule has 0 atom stereocenters. The molecule has 1 fully saturated rings. The Kier molecular flexibility index (Phi) is 6.92. The number of halogens is 2. The van der Waals surface area contributed by atoms with Gasteiger partial charge in [-0.1, -0.05) is 30.3 Å². The Hall–Kier alpha value is -3.10. The van der Waals surface area contributed by atoms with E-state index in [9.17, 15) is 13.6 Å². The summed E-state index contributed by atoms with van der Waals surface area (Å²) in [5, 5.41) is 7.12. The van der Waals surface area contributed by atoms with Gasteiger partial charge < -0.3 is 5.32 Å². The second-order valence-corrected chi connectivity index (χ2v) is 8.05. The average Bonchev–Trinajstić information content (AvgIpc) is 3.17. The lowest BCUT2D eigenvalue weighted by molar-refractivity contribution is 0.0934. The number of aryl methyl sites for hydroxylation is 1. The zero-order valence-corrected chi connectivity index (χ0v) is 18.1. The summed E-state index contributed by atoms with van der Waals surface area (Å²) in [7, 11) is 1.66.